The van der Waals surface area contributed by atoms with E-state index >= 15 is 0 Å². The second kappa shape index (κ2) is 12.4. The molecular formula is C33H42N10O3S. The minimum atomic E-state index is -3.60. The van der Waals surface area contributed by atoms with Gasteiger partial charge in [0, 0.05) is 80.2 Å². The summed E-state index contributed by atoms with van der Waals surface area (Å²) in [6, 6.07) is 9.85. The number of piperidine rings is 1. The van der Waals surface area contributed by atoms with E-state index in [-0.39, 0.29) is 0 Å². The summed E-state index contributed by atoms with van der Waals surface area (Å²) in [7, 11) is 0.336. The van der Waals surface area contributed by atoms with Gasteiger partial charge in [-0.3, -0.25) is 19.6 Å². The van der Waals surface area contributed by atoms with Gasteiger partial charge in [0.2, 0.25) is 16.0 Å². The lowest BCUT2D eigenvalue weighted by atomic mass is 10.00. The summed E-state index contributed by atoms with van der Waals surface area (Å²) in [5.41, 5.74) is 5.64. The smallest absolute Gasteiger partial charge is 0.229 e. The normalized spacial score (nSPS) is 20.6. The highest BCUT2D eigenvalue weighted by Gasteiger charge is 2.44. The third-order valence-electron chi connectivity index (χ3n) is 9.75. The third-order valence-corrected chi connectivity index (χ3v) is 10.3. The van der Waals surface area contributed by atoms with Gasteiger partial charge in [-0.15, -0.1) is 0 Å². The molecule has 3 N–H and O–H groups in total. The lowest BCUT2D eigenvalue weighted by molar-refractivity contribution is 0.0929. The van der Waals surface area contributed by atoms with Crippen LogP contribution in [0.15, 0.2) is 42.9 Å². The predicted molar refractivity (Wildman–Crippen MR) is 186 cm³/mol. The number of rotatable bonds is 9. The number of anilines is 6. The minimum Gasteiger partial charge on any atom is -0.494 e. The number of likely N-dealkylation sites (N-methyl/N-ethyl adjacent to an activating group) is 1. The van der Waals surface area contributed by atoms with Crippen LogP contribution in [0.25, 0.3) is 11.0 Å². The van der Waals surface area contributed by atoms with E-state index in [9.17, 15) is 8.42 Å². The van der Waals surface area contributed by atoms with Crippen LogP contribution in [0.4, 0.5) is 34.5 Å². The summed E-state index contributed by atoms with van der Waals surface area (Å²) in [5, 5.41) is 6.62. The van der Waals surface area contributed by atoms with E-state index in [2.05, 4.69) is 71.1 Å². The van der Waals surface area contributed by atoms with Crippen molar-refractivity contribution >= 4 is 55.6 Å². The standard InChI is InChI=1S/C33H42N10O3S/c1-20-14-27(29(46-4)16-28(20)42-12-8-22(9-13-42)43-19-23-15-24(43)18-41(23)3)38-33-36-17-21(2)32(39-33)37-26-7-6-25-30(35-11-10-34-25)31(26)40-47(5,44)45/h6-7,10-11,14,16-17,22-24,40H,8-9,12-13,15,18-19H2,1-5H3,(H2,36,37,38,39)/t23-,24-/m0/s1. The van der Waals surface area contributed by atoms with E-state index in [1.54, 1.807) is 31.6 Å². The van der Waals surface area contributed by atoms with Gasteiger partial charge in [-0.25, -0.2) is 13.4 Å². The Labute approximate surface area is 275 Å². The summed E-state index contributed by atoms with van der Waals surface area (Å²) in [6.45, 7) is 8.48. The van der Waals surface area contributed by atoms with Gasteiger partial charge in [0.05, 0.1) is 35.9 Å². The summed E-state index contributed by atoms with van der Waals surface area (Å²) < 4.78 is 32.9. The van der Waals surface area contributed by atoms with Gasteiger partial charge in [-0.2, -0.15) is 4.98 Å². The number of sulfonamides is 1. The largest absolute Gasteiger partial charge is 0.494 e. The molecule has 3 aliphatic heterocycles. The highest BCUT2D eigenvalue weighted by Crippen LogP contribution is 2.39. The Morgan fingerprint density at radius 3 is 2.40 bits per heavy atom. The van der Waals surface area contributed by atoms with Gasteiger partial charge in [-0.1, -0.05) is 0 Å². The van der Waals surface area contributed by atoms with E-state index in [1.165, 1.54) is 44.2 Å². The van der Waals surface area contributed by atoms with Crippen molar-refractivity contribution < 1.29 is 13.2 Å². The average Bonchev–Trinajstić information content (AvgIpc) is 3.63. The number of fused-ring (bicyclic) bond motifs is 3. The predicted octanol–water partition coefficient (Wildman–Crippen LogP) is 4.26. The van der Waals surface area contributed by atoms with Crippen molar-refractivity contribution in [1.82, 2.24) is 29.7 Å². The number of nitrogens with zero attached hydrogens (tertiary/aromatic N) is 7. The molecule has 0 radical (unpaired) electrons. The van der Waals surface area contributed by atoms with Crippen molar-refractivity contribution in [3.05, 3.63) is 54.0 Å². The molecule has 2 bridgehead atoms. The Kier molecular flexibility index (Phi) is 8.26. The molecule has 14 heteroatoms. The van der Waals surface area contributed by atoms with Crippen LogP contribution >= 0.6 is 0 Å². The zero-order valence-electron chi connectivity index (χ0n) is 27.5. The number of piperazine rings is 1. The zero-order valence-corrected chi connectivity index (χ0v) is 28.3. The molecule has 3 fully saturated rings. The highest BCUT2D eigenvalue weighted by atomic mass is 32.2. The Morgan fingerprint density at radius 2 is 1.70 bits per heavy atom. The van der Waals surface area contributed by atoms with Crippen LogP contribution in [0, 0.1) is 13.8 Å². The molecule has 0 unspecified atom stereocenters. The number of aryl methyl sites for hydroxylation is 2. The lowest BCUT2D eigenvalue weighted by Crippen LogP contribution is -2.52. The highest BCUT2D eigenvalue weighted by molar-refractivity contribution is 7.92. The van der Waals surface area contributed by atoms with Crippen molar-refractivity contribution in [3.8, 4) is 5.75 Å². The summed E-state index contributed by atoms with van der Waals surface area (Å²) in [6.07, 6.45) is 9.57. The maximum absolute atomic E-state index is 12.2. The Balaban J connectivity index is 1.09. The number of hydrogen-bond donors (Lipinski definition) is 3. The molecule has 3 aliphatic rings. The molecule has 0 amide bonds. The maximum Gasteiger partial charge on any atom is 0.229 e. The van der Waals surface area contributed by atoms with Crippen LogP contribution in [-0.2, 0) is 10.0 Å². The number of aromatic nitrogens is 4. The van der Waals surface area contributed by atoms with Crippen LogP contribution in [0.3, 0.4) is 0 Å². The molecule has 3 saturated heterocycles. The van der Waals surface area contributed by atoms with Crippen LogP contribution in [-0.4, -0.2) is 103 Å². The van der Waals surface area contributed by atoms with E-state index in [4.69, 9.17) is 9.72 Å². The Bertz CT molecular complexity index is 1910. The first-order valence-corrected chi connectivity index (χ1v) is 17.9. The monoisotopic (exact) mass is 658 g/mol. The van der Waals surface area contributed by atoms with Crippen LogP contribution < -0.4 is 25.0 Å². The molecule has 2 aromatic carbocycles. The van der Waals surface area contributed by atoms with E-state index in [1.807, 2.05) is 6.92 Å². The fourth-order valence-corrected chi connectivity index (χ4v) is 7.95. The van der Waals surface area contributed by atoms with Gasteiger partial charge in [-0.05, 0) is 63.9 Å². The SMILES string of the molecule is COc1cc(N2CCC(N3C[C@@H]4C[C@H]3CN4C)CC2)c(C)cc1Nc1ncc(C)c(Nc2ccc3nccnc3c2NS(C)(=O)=O)n1. The van der Waals surface area contributed by atoms with Crippen molar-refractivity contribution in [2.45, 2.75) is 51.2 Å². The summed E-state index contributed by atoms with van der Waals surface area (Å²) in [5.74, 6) is 1.59. The number of ether oxygens (including phenoxy) is 1. The average molecular weight is 659 g/mol. The topological polar surface area (TPSA) is 141 Å². The van der Waals surface area contributed by atoms with Crippen LogP contribution in [0.2, 0.25) is 0 Å². The fourth-order valence-electron chi connectivity index (χ4n) is 7.37. The molecule has 248 valence electrons. The number of hydrogen-bond acceptors (Lipinski definition) is 12. The number of methoxy groups -OCH3 is 1. The molecule has 47 heavy (non-hydrogen) atoms. The third kappa shape index (κ3) is 6.36. The fraction of sp³-hybridized carbons (Fsp3) is 0.455. The second-order valence-corrected chi connectivity index (χ2v) is 14.7. The molecule has 2 aromatic heterocycles. The van der Waals surface area contributed by atoms with Crippen LogP contribution in [0.5, 0.6) is 5.75 Å². The van der Waals surface area contributed by atoms with Crippen LogP contribution in [0.1, 0.15) is 30.4 Å². The van der Waals surface area contributed by atoms with Crippen molar-refractivity contribution in [2.24, 2.45) is 0 Å². The Hall–Kier alpha value is -4.27. The summed E-state index contributed by atoms with van der Waals surface area (Å²) in [4.78, 5) is 25.7. The number of nitrogens with one attached hydrogen (secondary N) is 3. The van der Waals surface area contributed by atoms with Gasteiger partial charge in [0.25, 0.3) is 0 Å². The first-order valence-electron chi connectivity index (χ1n) is 16.0. The van der Waals surface area contributed by atoms with Crippen molar-refractivity contribution in [2.75, 3.05) is 66.8 Å². The first-order chi connectivity index (χ1) is 22.6. The molecule has 4 aromatic rings. The van der Waals surface area contributed by atoms with E-state index in [0.717, 1.165) is 48.2 Å². The minimum absolute atomic E-state index is 0.294. The van der Waals surface area contributed by atoms with Crippen molar-refractivity contribution in [3.63, 3.8) is 0 Å². The number of likely N-dealkylation sites (tertiary alicyclic amines) is 2. The second-order valence-electron chi connectivity index (χ2n) is 13.0. The molecule has 5 heterocycles. The molecule has 13 nitrogen and oxygen atoms in total. The first kappa shape index (κ1) is 31.3. The number of benzene rings is 2. The van der Waals surface area contributed by atoms with Gasteiger partial charge < -0.3 is 25.2 Å². The van der Waals surface area contributed by atoms with Gasteiger partial charge in [0.15, 0.2) is 0 Å². The zero-order chi connectivity index (χ0) is 32.9. The molecular weight excluding hydrogens is 616 g/mol. The molecule has 2 atom stereocenters. The van der Waals surface area contributed by atoms with E-state index < -0.39 is 10.0 Å². The summed E-state index contributed by atoms with van der Waals surface area (Å²) >= 11 is 0. The molecule has 0 spiro atoms. The van der Waals surface area contributed by atoms with E-state index in [0.29, 0.717) is 46.0 Å². The maximum atomic E-state index is 12.2. The quantitative estimate of drug-likeness (QED) is 0.237. The van der Waals surface area contributed by atoms with Gasteiger partial charge >= 0.3 is 0 Å². The molecule has 0 aliphatic carbocycles. The lowest BCUT2D eigenvalue weighted by Gasteiger charge is -2.43. The Morgan fingerprint density at radius 1 is 0.915 bits per heavy atom. The van der Waals surface area contributed by atoms with Crippen molar-refractivity contribution in [1.29, 1.82) is 0 Å². The molecule has 0 saturated carbocycles. The molecule has 7 rings (SSSR count). The van der Waals surface area contributed by atoms with Gasteiger partial charge in [0.1, 0.15) is 17.1 Å².